The summed E-state index contributed by atoms with van der Waals surface area (Å²) in [6, 6.07) is 29.7. The number of halogens is 2. The topological polar surface area (TPSA) is 104 Å². The van der Waals surface area contributed by atoms with E-state index in [1.165, 1.54) is 61.1 Å². The van der Waals surface area contributed by atoms with Crippen LogP contribution in [0.15, 0.2) is 116 Å². The van der Waals surface area contributed by atoms with Crippen molar-refractivity contribution in [3.63, 3.8) is 0 Å². The molecular formula is C54H73F2N7O4V. The molecule has 2 aliphatic rings. The number of piperidine rings is 2. The van der Waals surface area contributed by atoms with Crippen molar-refractivity contribution >= 4 is 11.9 Å². The summed E-state index contributed by atoms with van der Waals surface area (Å²) < 4.78 is 38.8. The molecule has 0 bridgehead atoms. The van der Waals surface area contributed by atoms with Crippen LogP contribution in [0.1, 0.15) is 82.1 Å². The fourth-order valence-electron chi connectivity index (χ4n) is 7.62. The van der Waals surface area contributed by atoms with E-state index >= 15 is 0 Å². The third-order valence-electron chi connectivity index (χ3n) is 11.8. The smallest absolute Gasteiger partial charge is 0.327 e. The van der Waals surface area contributed by atoms with Gasteiger partial charge in [-0.15, -0.1) is 0 Å². The number of ether oxygens (including phenoxy) is 2. The maximum Gasteiger partial charge on any atom is 0.327 e. The first kappa shape index (κ1) is 55.5. The van der Waals surface area contributed by atoms with Gasteiger partial charge in [-0.25, -0.2) is 18.6 Å². The Kier molecular flexibility index (Phi) is 24.3. The number of likely N-dealkylation sites (tertiary alicyclic amines) is 2. The van der Waals surface area contributed by atoms with Crippen LogP contribution in [0.2, 0.25) is 0 Å². The van der Waals surface area contributed by atoms with Gasteiger partial charge < -0.3 is 34.8 Å². The van der Waals surface area contributed by atoms with Crippen LogP contribution in [0.5, 0.6) is 11.5 Å². The summed E-state index contributed by atoms with van der Waals surface area (Å²) in [6.07, 6.45) is 10.2. The van der Waals surface area contributed by atoms with Crippen molar-refractivity contribution in [3.05, 3.63) is 150 Å². The van der Waals surface area contributed by atoms with Crippen molar-refractivity contribution in [2.45, 2.75) is 97.9 Å². The number of rotatable bonds is 17. The predicted octanol–water partition coefficient (Wildman–Crippen LogP) is 9.60. The van der Waals surface area contributed by atoms with Crippen LogP contribution < -0.4 is 20.1 Å². The van der Waals surface area contributed by atoms with Crippen molar-refractivity contribution < 1.29 is 46.4 Å². The Labute approximate surface area is 415 Å². The van der Waals surface area contributed by atoms with Gasteiger partial charge in [-0.1, -0.05) is 76.2 Å². The van der Waals surface area contributed by atoms with Crippen LogP contribution in [0.25, 0.3) is 0 Å². The van der Waals surface area contributed by atoms with Gasteiger partial charge in [-0.2, -0.15) is 0 Å². The number of imidazole rings is 1. The Bertz CT molecular complexity index is 2140. The molecule has 0 saturated carbocycles. The second-order valence-corrected chi connectivity index (χ2v) is 18.6. The van der Waals surface area contributed by atoms with Crippen LogP contribution in [0.4, 0.5) is 13.6 Å². The van der Waals surface area contributed by atoms with E-state index in [9.17, 15) is 18.4 Å². The van der Waals surface area contributed by atoms with E-state index in [-0.39, 0.29) is 48.2 Å². The van der Waals surface area contributed by atoms with Gasteiger partial charge in [0.1, 0.15) is 29.5 Å². The third kappa shape index (κ3) is 20.7. The zero-order valence-electron chi connectivity index (χ0n) is 41.0. The summed E-state index contributed by atoms with van der Waals surface area (Å²) in [6.45, 7) is 16.1. The van der Waals surface area contributed by atoms with E-state index in [1.807, 2.05) is 65.6 Å². The van der Waals surface area contributed by atoms with Gasteiger partial charge in [0.05, 0.1) is 13.2 Å². The van der Waals surface area contributed by atoms with Gasteiger partial charge in [0.25, 0.3) is 0 Å². The summed E-state index contributed by atoms with van der Waals surface area (Å²) in [5.41, 5.74) is 4.28. The Hall–Kier alpha value is -5.05. The van der Waals surface area contributed by atoms with Gasteiger partial charge in [-0.3, -0.25) is 9.36 Å². The molecule has 14 heteroatoms. The molecule has 3 heterocycles. The van der Waals surface area contributed by atoms with Gasteiger partial charge in [0.2, 0.25) is 5.91 Å². The molecule has 2 N–H and O–H groups in total. The normalized spacial score (nSPS) is 14.5. The molecule has 4 aromatic carbocycles. The van der Waals surface area contributed by atoms with Crippen molar-refractivity contribution in [2.24, 2.45) is 11.8 Å². The molecule has 11 nitrogen and oxygen atoms in total. The zero-order valence-corrected chi connectivity index (χ0v) is 42.4. The zero-order chi connectivity index (χ0) is 48.0. The number of carbonyl (C=O) groups excluding carboxylic acids is 2. The summed E-state index contributed by atoms with van der Waals surface area (Å²) >= 11 is 0. The molecule has 1 radical (unpaired) electrons. The Balaban J connectivity index is 0.000000235. The van der Waals surface area contributed by atoms with Crippen LogP contribution in [0.3, 0.4) is 0 Å². The number of benzene rings is 4. The third-order valence-corrected chi connectivity index (χ3v) is 11.8. The molecule has 367 valence electrons. The summed E-state index contributed by atoms with van der Waals surface area (Å²) in [4.78, 5) is 35.4. The maximum absolute atomic E-state index is 13.3. The van der Waals surface area contributed by atoms with Gasteiger partial charge in [-0.05, 0) is 155 Å². The standard InChI is InChI=1S/C26H35FN2O2.C15H19N3O2.C13H19FN2.V/c1-20(2)19-31-25-11-6-21(7-12-25)8-13-26(30)29(24-14-16-28(3)17-15-24)18-22-4-9-23(27)10-5-22;1-12(2)10-20-14-5-3-13(4-6-14)9-17-15(19)18-8-7-16-11-18;1-16-8-6-13(7-9-16)15-10-11-2-4-12(14)5-3-11;/h4-7,9-12,20,24H,8,13-19H2,1-3H3;3-8,11-12H,9-10H2,1-2H3,(H,17,19);2-5,13,15H,6-10H2,1H3;. The molecule has 1 aromatic heterocycles. The number of amides is 2. The van der Waals surface area contributed by atoms with Crippen LogP contribution in [-0.4, -0.2) is 102 Å². The maximum atomic E-state index is 13.3. The molecule has 2 aliphatic heterocycles. The minimum Gasteiger partial charge on any atom is -0.493 e. The first-order valence-corrected chi connectivity index (χ1v) is 23.9. The van der Waals surface area contributed by atoms with Gasteiger partial charge >= 0.3 is 6.03 Å². The van der Waals surface area contributed by atoms with Crippen molar-refractivity contribution in [1.29, 1.82) is 0 Å². The SMILES string of the molecule is CC(C)COc1ccc(CCC(=O)N(Cc2ccc(F)cc2)C2CCN(C)CC2)cc1.CC(C)COc1ccc(CNC(=O)n2ccnc2)cc1.CN1CCC(NCc2ccc(F)cc2)CC1.[V]. The first-order chi connectivity index (χ1) is 32.3. The first-order valence-electron chi connectivity index (χ1n) is 23.9. The van der Waals surface area contributed by atoms with E-state index in [0.29, 0.717) is 57.0 Å². The molecule has 7 rings (SSSR count). The number of aromatic nitrogens is 2. The number of hydrogen-bond donors (Lipinski definition) is 2. The van der Waals surface area contributed by atoms with Gasteiger partial charge in [0, 0.05) is 69.1 Å². The number of carbonyl (C=O) groups is 2. The second-order valence-electron chi connectivity index (χ2n) is 18.6. The van der Waals surface area contributed by atoms with Crippen molar-refractivity contribution in [2.75, 3.05) is 53.5 Å². The Morgan fingerprint density at radius 3 is 1.65 bits per heavy atom. The number of aryl methyl sites for hydroxylation is 1. The average Bonchev–Trinajstić information content (AvgIpc) is 3.89. The second kappa shape index (κ2) is 29.8. The van der Waals surface area contributed by atoms with E-state index in [0.717, 1.165) is 66.2 Å². The molecule has 2 fully saturated rings. The largest absolute Gasteiger partial charge is 0.493 e. The average molecular weight is 973 g/mol. The molecule has 2 saturated heterocycles. The summed E-state index contributed by atoms with van der Waals surface area (Å²) in [5.74, 6) is 2.47. The Morgan fingerprint density at radius 2 is 1.15 bits per heavy atom. The quantitative estimate of drug-likeness (QED) is 0.0951. The molecular weight excluding hydrogens is 900 g/mol. The van der Waals surface area contributed by atoms with Crippen LogP contribution in [-0.2, 0) is 49.4 Å². The molecule has 68 heavy (non-hydrogen) atoms. The minimum atomic E-state index is -0.248. The monoisotopic (exact) mass is 973 g/mol. The minimum absolute atomic E-state index is 0. The van der Waals surface area contributed by atoms with Gasteiger partial charge in [0.15, 0.2) is 0 Å². The molecule has 5 aromatic rings. The number of nitrogens with one attached hydrogen (secondary N) is 2. The van der Waals surface area contributed by atoms with Crippen LogP contribution in [0, 0.1) is 23.5 Å². The van der Waals surface area contributed by atoms with E-state index in [1.54, 1.807) is 24.5 Å². The summed E-state index contributed by atoms with van der Waals surface area (Å²) in [7, 11) is 4.28. The van der Waals surface area contributed by atoms with Crippen molar-refractivity contribution in [1.82, 2.24) is 34.9 Å². The van der Waals surface area contributed by atoms with E-state index in [2.05, 4.69) is 67.2 Å². The molecule has 0 spiro atoms. The number of nitrogens with zero attached hydrogens (tertiary/aromatic N) is 5. The molecule has 0 aliphatic carbocycles. The summed E-state index contributed by atoms with van der Waals surface area (Å²) in [5, 5.41) is 6.34. The molecule has 0 atom stereocenters. The van der Waals surface area contributed by atoms with E-state index < -0.39 is 0 Å². The fraction of sp³-hybridized carbons (Fsp3) is 0.463. The Morgan fingerprint density at radius 1 is 0.676 bits per heavy atom. The number of hydrogen-bond acceptors (Lipinski definition) is 8. The molecule has 0 unspecified atom stereocenters. The van der Waals surface area contributed by atoms with Crippen molar-refractivity contribution in [3.8, 4) is 11.5 Å². The van der Waals surface area contributed by atoms with Crippen LogP contribution >= 0.6 is 0 Å². The van der Waals surface area contributed by atoms with E-state index in [4.69, 9.17) is 9.47 Å². The fourth-order valence-corrected chi connectivity index (χ4v) is 7.62. The molecule has 2 amide bonds. The predicted molar refractivity (Wildman–Crippen MR) is 263 cm³/mol.